The molecule has 0 saturated heterocycles. The second kappa shape index (κ2) is 8.16. The maximum atomic E-state index is 3.79. The zero-order chi connectivity index (χ0) is 13.7. The summed E-state index contributed by atoms with van der Waals surface area (Å²) in [6, 6.07) is 2.85. The Balaban J connectivity index is 2.13. The highest BCUT2D eigenvalue weighted by Crippen LogP contribution is 2.41. The first-order valence-corrected chi connectivity index (χ1v) is 9.80. The lowest BCUT2D eigenvalue weighted by Crippen LogP contribution is -2.28. The molecule has 0 radical (unpaired) electrons. The molecule has 0 bridgehead atoms. The van der Waals surface area contributed by atoms with E-state index < -0.39 is 0 Å². The summed E-state index contributed by atoms with van der Waals surface area (Å²) in [4.78, 5) is 1.49. The fourth-order valence-corrected chi connectivity index (χ4v) is 5.22. The van der Waals surface area contributed by atoms with Crippen molar-refractivity contribution in [3.05, 3.63) is 19.2 Å². The molecule has 0 aliphatic heterocycles. The summed E-state index contributed by atoms with van der Waals surface area (Å²) in [5.41, 5.74) is 0. The molecular weight excluding hydrogens is 386 g/mol. The quantitative estimate of drug-likeness (QED) is 0.564. The summed E-state index contributed by atoms with van der Waals surface area (Å²) < 4.78 is 2.42. The van der Waals surface area contributed by atoms with Crippen LogP contribution in [0.15, 0.2) is 14.3 Å². The minimum Gasteiger partial charge on any atom is -0.309 e. The lowest BCUT2D eigenvalue weighted by molar-refractivity contribution is 0.330. The summed E-state index contributed by atoms with van der Waals surface area (Å²) in [5, 5.41) is 3.79. The van der Waals surface area contributed by atoms with Gasteiger partial charge >= 0.3 is 0 Å². The molecule has 1 N–H and O–H groups in total. The molecule has 2 rings (SSSR count). The Hall–Kier alpha value is 0.620. The topological polar surface area (TPSA) is 12.0 Å². The molecule has 0 spiro atoms. The van der Waals surface area contributed by atoms with E-state index in [4.69, 9.17) is 0 Å². The van der Waals surface area contributed by atoms with Crippen molar-refractivity contribution >= 4 is 43.2 Å². The molecule has 1 aromatic rings. The molecule has 1 unspecified atom stereocenters. The third kappa shape index (κ3) is 4.55. The van der Waals surface area contributed by atoms with E-state index in [9.17, 15) is 0 Å². The van der Waals surface area contributed by atoms with E-state index in [0.29, 0.717) is 6.04 Å². The fourth-order valence-electron chi connectivity index (χ4n) is 2.96. The van der Waals surface area contributed by atoms with Gasteiger partial charge in [-0.1, -0.05) is 32.6 Å². The summed E-state index contributed by atoms with van der Waals surface area (Å²) >= 11 is 9.14. The van der Waals surface area contributed by atoms with Gasteiger partial charge in [0.25, 0.3) is 0 Å². The minimum absolute atomic E-state index is 0.547. The number of hydrogen-bond acceptors (Lipinski definition) is 2. The molecule has 1 nitrogen and oxygen atoms in total. The van der Waals surface area contributed by atoms with Crippen LogP contribution in [0.25, 0.3) is 0 Å². The van der Waals surface area contributed by atoms with Crippen molar-refractivity contribution in [2.45, 2.75) is 57.9 Å². The third-order valence-electron chi connectivity index (χ3n) is 3.96. The number of rotatable bonds is 5. The molecule has 1 atom stereocenters. The normalized spacial score (nSPS) is 19.3. The average molecular weight is 409 g/mol. The van der Waals surface area contributed by atoms with Crippen LogP contribution in [-0.2, 0) is 0 Å². The van der Waals surface area contributed by atoms with Crippen LogP contribution in [0.1, 0.15) is 62.8 Å². The first kappa shape index (κ1) is 16.0. The molecular formula is C15H23Br2NS. The molecule has 1 saturated carbocycles. The van der Waals surface area contributed by atoms with Gasteiger partial charge < -0.3 is 5.32 Å². The molecule has 1 heterocycles. The van der Waals surface area contributed by atoms with E-state index in [1.54, 1.807) is 0 Å². The van der Waals surface area contributed by atoms with Crippen molar-refractivity contribution in [3.8, 4) is 0 Å². The summed E-state index contributed by atoms with van der Waals surface area (Å²) in [7, 11) is 0. The first-order chi connectivity index (χ1) is 9.22. The van der Waals surface area contributed by atoms with Crippen molar-refractivity contribution in [3.63, 3.8) is 0 Å². The second-order valence-corrected chi connectivity index (χ2v) is 8.71. The average Bonchev–Trinajstić information content (AvgIpc) is 2.61. The van der Waals surface area contributed by atoms with E-state index in [2.05, 4.69) is 50.2 Å². The predicted molar refractivity (Wildman–Crippen MR) is 91.9 cm³/mol. The monoisotopic (exact) mass is 407 g/mol. The van der Waals surface area contributed by atoms with Crippen LogP contribution >= 0.6 is 43.2 Å². The SMILES string of the molecule is CCCNC(c1cc(Br)c(Br)s1)C1CCCCCC1. The summed E-state index contributed by atoms with van der Waals surface area (Å²) in [6.07, 6.45) is 9.63. The molecule has 1 aromatic heterocycles. The Morgan fingerprint density at radius 2 is 1.95 bits per heavy atom. The molecule has 1 aliphatic rings. The summed E-state index contributed by atoms with van der Waals surface area (Å²) in [5.74, 6) is 0.812. The first-order valence-electron chi connectivity index (χ1n) is 7.40. The van der Waals surface area contributed by atoms with E-state index in [0.717, 1.165) is 12.5 Å². The Labute approximate surface area is 137 Å². The Morgan fingerprint density at radius 3 is 2.47 bits per heavy atom. The van der Waals surface area contributed by atoms with Gasteiger partial charge in [-0.15, -0.1) is 11.3 Å². The summed E-state index contributed by atoms with van der Waals surface area (Å²) in [6.45, 7) is 3.37. The van der Waals surface area contributed by atoms with Crippen LogP contribution in [0.4, 0.5) is 0 Å². The van der Waals surface area contributed by atoms with Crippen LogP contribution in [0.3, 0.4) is 0 Å². The highest BCUT2D eigenvalue weighted by Gasteiger charge is 2.25. The minimum atomic E-state index is 0.547. The van der Waals surface area contributed by atoms with Crippen molar-refractivity contribution in [1.29, 1.82) is 0 Å². The van der Waals surface area contributed by atoms with Crippen molar-refractivity contribution in [2.24, 2.45) is 5.92 Å². The number of thiophene rings is 1. The van der Waals surface area contributed by atoms with Crippen molar-refractivity contribution in [1.82, 2.24) is 5.32 Å². The van der Waals surface area contributed by atoms with Crippen LogP contribution in [0.5, 0.6) is 0 Å². The van der Waals surface area contributed by atoms with Crippen molar-refractivity contribution in [2.75, 3.05) is 6.54 Å². The lowest BCUT2D eigenvalue weighted by atomic mass is 9.90. The van der Waals surface area contributed by atoms with Gasteiger partial charge in [0, 0.05) is 15.4 Å². The van der Waals surface area contributed by atoms with E-state index >= 15 is 0 Å². The van der Waals surface area contributed by atoms with E-state index in [-0.39, 0.29) is 0 Å². The zero-order valence-electron chi connectivity index (χ0n) is 11.6. The van der Waals surface area contributed by atoms with Gasteiger partial charge in [-0.25, -0.2) is 0 Å². The highest BCUT2D eigenvalue weighted by atomic mass is 79.9. The standard InChI is InChI=1S/C15H23Br2NS/c1-2-9-18-14(11-7-5-3-4-6-8-11)13-10-12(16)15(17)19-13/h10-11,14,18H,2-9H2,1H3. The third-order valence-corrected chi connectivity index (χ3v) is 7.30. The van der Waals surface area contributed by atoms with Gasteiger partial charge in [0.1, 0.15) is 0 Å². The van der Waals surface area contributed by atoms with Crippen LogP contribution in [0.2, 0.25) is 0 Å². The Kier molecular flexibility index (Phi) is 6.87. The number of nitrogens with one attached hydrogen (secondary N) is 1. The second-order valence-electron chi connectivity index (χ2n) is 5.45. The fraction of sp³-hybridized carbons (Fsp3) is 0.733. The Morgan fingerprint density at radius 1 is 1.26 bits per heavy atom. The molecule has 108 valence electrons. The predicted octanol–water partition coefficient (Wildman–Crippen LogP) is 6.28. The van der Waals surface area contributed by atoms with Crippen LogP contribution < -0.4 is 5.32 Å². The van der Waals surface area contributed by atoms with Gasteiger partial charge in [0.2, 0.25) is 0 Å². The van der Waals surface area contributed by atoms with Crippen LogP contribution in [-0.4, -0.2) is 6.54 Å². The maximum absolute atomic E-state index is 3.79. The largest absolute Gasteiger partial charge is 0.309 e. The smallest absolute Gasteiger partial charge is 0.0843 e. The zero-order valence-corrected chi connectivity index (χ0v) is 15.5. The number of hydrogen-bond donors (Lipinski definition) is 1. The maximum Gasteiger partial charge on any atom is 0.0843 e. The molecule has 1 aliphatic carbocycles. The number of halogens is 2. The van der Waals surface area contributed by atoms with Gasteiger partial charge in [-0.3, -0.25) is 0 Å². The van der Waals surface area contributed by atoms with Gasteiger partial charge in [0.15, 0.2) is 0 Å². The van der Waals surface area contributed by atoms with E-state index in [1.165, 1.54) is 58.1 Å². The molecule has 0 aromatic carbocycles. The van der Waals surface area contributed by atoms with Gasteiger partial charge in [0.05, 0.1) is 3.79 Å². The molecule has 0 amide bonds. The van der Waals surface area contributed by atoms with E-state index in [1.807, 2.05) is 11.3 Å². The van der Waals surface area contributed by atoms with Gasteiger partial charge in [-0.2, -0.15) is 0 Å². The van der Waals surface area contributed by atoms with Crippen LogP contribution in [0, 0.1) is 5.92 Å². The molecule has 1 fully saturated rings. The lowest BCUT2D eigenvalue weighted by Gasteiger charge is -2.26. The Bertz CT molecular complexity index is 364. The van der Waals surface area contributed by atoms with Gasteiger partial charge in [-0.05, 0) is 69.7 Å². The highest BCUT2D eigenvalue weighted by molar-refractivity contribution is 9.13. The van der Waals surface area contributed by atoms with Crippen molar-refractivity contribution < 1.29 is 0 Å². The molecule has 19 heavy (non-hydrogen) atoms. The molecule has 4 heteroatoms.